The van der Waals surface area contributed by atoms with E-state index in [0.29, 0.717) is 31.7 Å². The zero-order chi connectivity index (χ0) is 21.6. The Morgan fingerprint density at radius 2 is 1.77 bits per heavy atom. The molecule has 162 valence electrons. The number of benzene rings is 2. The Morgan fingerprint density at radius 1 is 1.07 bits per heavy atom. The molecule has 0 spiro atoms. The van der Waals surface area contributed by atoms with Crippen LogP contribution in [0.1, 0.15) is 19.3 Å². The van der Waals surface area contributed by atoms with Crippen LogP contribution in [0.25, 0.3) is 0 Å². The van der Waals surface area contributed by atoms with Gasteiger partial charge >= 0.3 is 0 Å². The first-order valence-electron chi connectivity index (χ1n) is 9.75. The van der Waals surface area contributed by atoms with Crippen molar-refractivity contribution in [3.63, 3.8) is 0 Å². The number of carbonyl (C=O) groups is 1. The second-order valence-electron chi connectivity index (χ2n) is 7.17. The maximum atomic E-state index is 13.2. The molecule has 30 heavy (non-hydrogen) atoms. The van der Waals surface area contributed by atoms with Crippen LogP contribution in [-0.2, 0) is 14.8 Å². The molecule has 2 aromatic carbocycles. The molecular weight excluding hydrogens is 414 g/mol. The molecule has 0 aliphatic carbocycles. The van der Waals surface area contributed by atoms with E-state index in [1.807, 2.05) is 30.3 Å². The largest absolute Gasteiger partial charge is 0.493 e. The van der Waals surface area contributed by atoms with Crippen LogP contribution in [0.2, 0.25) is 0 Å². The highest BCUT2D eigenvalue weighted by Crippen LogP contribution is 2.20. The predicted octanol–water partition coefficient (Wildman–Crippen LogP) is 2.95. The van der Waals surface area contributed by atoms with Crippen LogP contribution in [0.4, 0.5) is 8.78 Å². The van der Waals surface area contributed by atoms with Crippen LogP contribution >= 0.6 is 0 Å². The van der Waals surface area contributed by atoms with Crippen LogP contribution in [0.3, 0.4) is 0 Å². The van der Waals surface area contributed by atoms with E-state index < -0.39 is 21.7 Å². The quantitative estimate of drug-likeness (QED) is 0.688. The Hall–Kier alpha value is -2.52. The van der Waals surface area contributed by atoms with Gasteiger partial charge in [0.05, 0.1) is 11.5 Å². The number of para-hydroxylation sites is 1. The summed E-state index contributed by atoms with van der Waals surface area (Å²) in [4.78, 5) is 13.7. The van der Waals surface area contributed by atoms with Crippen LogP contribution in [0.15, 0.2) is 53.4 Å². The molecule has 0 saturated carbocycles. The Bertz CT molecular complexity index is 962. The third-order valence-corrected chi connectivity index (χ3v) is 6.49. The molecule has 0 unspecified atom stereocenters. The first-order chi connectivity index (χ1) is 14.3. The first kappa shape index (κ1) is 22.2. The number of hydrogen-bond acceptors (Lipinski definition) is 4. The van der Waals surface area contributed by atoms with Gasteiger partial charge in [0, 0.05) is 26.1 Å². The highest BCUT2D eigenvalue weighted by molar-refractivity contribution is 7.89. The number of halogens is 2. The lowest BCUT2D eigenvalue weighted by atomic mass is 9.97. The van der Waals surface area contributed by atoms with E-state index in [-0.39, 0.29) is 23.8 Å². The van der Waals surface area contributed by atoms with Crippen LogP contribution < -0.4 is 9.46 Å². The molecule has 0 atom stereocenters. The minimum absolute atomic E-state index is 0.00586. The smallest absolute Gasteiger partial charge is 0.240 e. The maximum Gasteiger partial charge on any atom is 0.240 e. The second-order valence-corrected chi connectivity index (χ2v) is 8.94. The SMILES string of the molecule is O=C(CCNS(=O)(=O)c1ccc(F)c(F)c1)N1CCC(COc2ccccc2)CC1. The molecule has 1 heterocycles. The van der Waals surface area contributed by atoms with E-state index in [0.717, 1.165) is 30.7 Å². The summed E-state index contributed by atoms with van der Waals surface area (Å²) >= 11 is 0. The van der Waals surface area contributed by atoms with Gasteiger partial charge in [0.25, 0.3) is 0 Å². The monoisotopic (exact) mass is 438 g/mol. The Labute approximate surface area is 174 Å². The molecule has 1 amide bonds. The van der Waals surface area contributed by atoms with Gasteiger partial charge in [-0.05, 0) is 49.1 Å². The molecule has 9 heteroatoms. The van der Waals surface area contributed by atoms with Crippen molar-refractivity contribution in [3.8, 4) is 5.75 Å². The molecule has 1 saturated heterocycles. The number of piperidine rings is 1. The van der Waals surface area contributed by atoms with E-state index in [9.17, 15) is 22.0 Å². The van der Waals surface area contributed by atoms with Crippen LogP contribution in [0, 0.1) is 17.6 Å². The van der Waals surface area contributed by atoms with Gasteiger partial charge in [0.2, 0.25) is 15.9 Å². The van der Waals surface area contributed by atoms with Crippen molar-refractivity contribution in [2.75, 3.05) is 26.2 Å². The molecule has 0 radical (unpaired) electrons. The maximum absolute atomic E-state index is 13.2. The fourth-order valence-electron chi connectivity index (χ4n) is 3.26. The number of sulfonamides is 1. The average Bonchev–Trinajstić information content (AvgIpc) is 2.75. The average molecular weight is 438 g/mol. The zero-order valence-electron chi connectivity index (χ0n) is 16.4. The molecule has 0 bridgehead atoms. The van der Waals surface area contributed by atoms with Crippen molar-refractivity contribution in [2.45, 2.75) is 24.2 Å². The zero-order valence-corrected chi connectivity index (χ0v) is 17.2. The summed E-state index contributed by atoms with van der Waals surface area (Å²) in [5, 5.41) is 0. The Balaban J connectivity index is 1.40. The van der Waals surface area contributed by atoms with Gasteiger partial charge < -0.3 is 9.64 Å². The molecule has 1 aliphatic heterocycles. The number of nitrogens with one attached hydrogen (secondary N) is 1. The number of nitrogens with zero attached hydrogens (tertiary/aromatic N) is 1. The number of amides is 1. The fourth-order valence-corrected chi connectivity index (χ4v) is 4.30. The summed E-state index contributed by atoms with van der Waals surface area (Å²) < 4.78 is 58.5. The van der Waals surface area contributed by atoms with Crippen molar-refractivity contribution in [3.05, 3.63) is 60.2 Å². The van der Waals surface area contributed by atoms with Gasteiger partial charge in [-0.3, -0.25) is 4.79 Å². The highest BCUT2D eigenvalue weighted by Gasteiger charge is 2.24. The number of ether oxygens (including phenoxy) is 1. The molecule has 0 aromatic heterocycles. The minimum atomic E-state index is -4.01. The molecule has 3 rings (SSSR count). The second kappa shape index (κ2) is 9.99. The van der Waals surface area contributed by atoms with Gasteiger partial charge in [0.15, 0.2) is 11.6 Å². The number of rotatable bonds is 8. The summed E-state index contributed by atoms with van der Waals surface area (Å²) in [6, 6.07) is 11.9. The molecular formula is C21H24F2N2O4S. The molecule has 1 N–H and O–H groups in total. The van der Waals surface area contributed by atoms with Crippen molar-refractivity contribution >= 4 is 15.9 Å². The van der Waals surface area contributed by atoms with E-state index in [1.54, 1.807) is 4.90 Å². The minimum Gasteiger partial charge on any atom is -0.493 e. The van der Waals surface area contributed by atoms with Crippen LogP contribution in [-0.4, -0.2) is 45.5 Å². The summed E-state index contributed by atoms with van der Waals surface area (Å²) in [7, 11) is -4.01. The standard InChI is InChI=1S/C21H24F2N2O4S/c22-19-7-6-18(14-20(19)23)30(27,28)24-11-8-21(26)25-12-9-16(10-13-25)15-29-17-4-2-1-3-5-17/h1-7,14,16,24H,8-13,15H2. The number of likely N-dealkylation sites (tertiary alicyclic amines) is 1. The van der Waals surface area contributed by atoms with Crippen molar-refractivity contribution in [1.82, 2.24) is 9.62 Å². The lowest BCUT2D eigenvalue weighted by molar-refractivity contribution is -0.132. The first-order valence-corrected chi connectivity index (χ1v) is 11.2. The lowest BCUT2D eigenvalue weighted by Gasteiger charge is -2.32. The fraction of sp³-hybridized carbons (Fsp3) is 0.381. The highest BCUT2D eigenvalue weighted by atomic mass is 32.2. The van der Waals surface area contributed by atoms with Crippen molar-refractivity contribution in [2.24, 2.45) is 5.92 Å². The molecule has 1 fully saturated rings. The third-order valence-electron chi connectivity index (χ3n) is 5.03. The van der Waals surface area contributed by atoms with Gasteiger partial charge in [0.1, 0.15) is 5.75 Å². The van der Waals surface area contributed by atoms with Gasteiger partial charge in [-0.15, -0.1) is 0 Å². The van der Waals surface area contributed by atoms with E-state index in [4.69, 9.17) is 4.74 Å². The summed E-state index contributed by atoms with van der Waals surface area (Å²) in [5.74, 6) is -1.33. The van der Waals surface area contributed by atoms with Gasteiger partial charge in [-0.25, -0.2) is 21.9 Å². The topological polar surface area (TPSA) is 75.7 Å². The Morgan fingerprint density at radius 3 is 2.43 bits per heavy atom. The van der Waals surface area contributed by atoms with Crippen molar-refractivity contribution < 1.29 is 26.7 Å². The van der Waals surface area contributed by atoms with E-state index in [2.05, 4.69) is 4.72 Å². The summed E-state index contributed by atoms with van der Waals surface area (Å²) in [6.45, 7) is 1.67. The van der Waals surface area contributed by atoms with Gasteiger partial charge in [-0.2, -0.15) is 0 Å². The van der Waals surface area contributed by atoms with Crippen molar-refractivity contribution in [1.29, 1.82) is 0 Å². The summed E-state index contributed by atoms with van der Waals surface area (Å²) in [5.41, 5.74) is 0. The molecule has 6 nitrogen and oxygen atoms in total. The number of hydrogen-bond donors (Lipinski definition) is 1. The van der Waals surface area contributed by atoms with Crippen LogP contribution in [0.5, 0.6) is 5.75 Å². The third kappa shape index (κ3) is 5.99. The Kier molecular flexibility index (Phi) is 7.38. The van der Waals surface area contributed by atoms with Gasteiger partial charge in [-0.1, -0.05) is 18.2 Å². The number of carbonyl (C=O) groups excluding carboxylic acids is 1. The summed E-state index contributed by atoms with van der Waals surface area (Å²) in [6.07, 6.45) is 1.63. The molecule has 2 aromatic rings. The van der Waals surface area contributed by atoms with E-state index in [1.165, 1.54) is 0 Å². The lowest BCUT2D eigenvalue weighted by Crippen LogP contribution is -2.41. The normalized spacial score (nSPS) is 15.2. The van der Waals surface area contributed by atoms with E-state index >= 15 is 0 Å². The predicted molar refractivity (Wildman–Crippen MR) is 107 cm³/mol. The molecule has 1 aliphatic rings.